The van der Waals surface area contributed by atoms with Crippen molar-refractivity contribution in [2.45, 2.75) is 79.3 Å². The molecule has 0 saturated heterocycles. The summed E-state index contributed by atoms with van der Waals surface area (Å²) in [7, 11) is -6.41. The normalized spacial score (nSPS) is 11.9. The van der Waals surface area contributed by atoms with E-state index in [1.165, 1.54) is 12.7 Å². The average molecular weight is 707 g/mol. The number of rotatable bonds is 20. The number of hydrogen-bond acceptors (Lipinski definition) is 14. The monoisotopic (exact) mass is 706 g/mol. The van der Waals surface area contributed by atoms with E-state index in [0.717, 1.165) is 50.1 Å². The zero-order chi connectivity index (χ0) is 35.2. The van der Waals surface area contributed by atoms with E-state index in [0.29, 0.717) is 72.6 Å². The Labute approximate surface area is 281 Å². The first-order valence-corrected chi connectivity index (χ1v) is 19.1. The van der Waals surface area contributed by atoms with Crippen LogP contribution in [0.15, 0.2) is 49.1 Å². The summed E-state index contributed by atoms with van der Waals surface area (Å²) in [5.74, 6) is 0.753. The van der Waals surface area contributed by atoms with Crippen LogP contribution in [-0.4, -0.2) is 65.5 Å². The Bertz CT molecular complexity index is 1600. The van der Waals surface area contributed by atoms with Gasteiger partial charge in [0.15, 0.2) is 22.9 Å². The molecule has 264 valence electrons. The average Bonchev–Trinajstić information content (AvgIpc) is 3.67. The molecule has 18 heteroatoms. The Morgan fingerprint density at radius 1 is 0.625 bits per heavy atom. The van der Waals surface area contributed by atoms with Gasteiger partial charge in [0.25, 0.3) is 0 Å². The van der Waals surface area contributed by atoms with Gasteiger partial charge in [-0.2, -0.15) is 0 Å². The molecule has 0 radical (unpaired) electrons. The zero-order valence-electron chi connectivity index (χ0n) is 28.3. The lowest BCUT2D eigenvalue weighted by Gasteiger charge is -2.19. The molecule has 0 fully saturated rings. The number of fused-ring (bicyclic) bond motifs is 2. The second-order valence-electron chi connectivity index (χ2n) is 10.5. The second kappa shape index (κ2) is 18.9. The first-order chi connectivity index (χ1) is 23.0. The largest absolute Gasteiger partial charge is 0.382 e. The van der Waals surface area contributed by atoms with Crippen molar-refractivity contribution in [1.82, 2.24) is 39.0 Å². The van der Waals surface area contributed by atoms with E-state index < -0.39 is 15.2 Å². The lowest BCUT2D eigenvalue weighted by molar-refractivity contribution is 0.224. The fourth-order valence-electron chi connectivity index (χ4n) is 4.74. The quantitative estimate of drug-likeness (QED) is 0.0722. The van der Waals surface area contributed by atoms with Crippen LogP contribution in [-0.2, 0) is 40.3 Å². The van der Waals surface area contributed by atoms with Crippen LogP contribution >= 0.6 is 15.2 Å². The molecule has 0 aromatic carbocycles. The Kier molecular flexibility index (Phi) is 15.3. The van der Waals surface area contributed by atoms with Gasteiger partial charge in [0, 0.05) is 23.7 Å². The summed E-state index contributed by atoms with van der Waals surface area (Å²) in [6.45, 7) is 17.7. The molecule has 0 atom stereocenters. The number of hydrogen-bond donors (Lipinski definition) is 2. The number of nitrogens with two attached hydrogens (primary N) is 2. The molecule has 0 saturated carbocycles. The third-order valence-electron chi connectivity index (χ3n) is 7.06. The van der Waals surface area contributed by atoms with Gasteiger partial charge >= 0.3 is 15.2 Å². The van der Waals surface area contributed by atoms with Gasteiger partial charge < -0.3 is 38.7 Å². The van der Waals surface area contributed by atoms with Gasteiger partial charge in [-0.3, -0.25) is 9.13 Å². The first kappa shape index (κ1) is 38.9. The summed E-state index contributed by atoms with van der Waals surface area (Å²) in [5, 5.41) is 1.04. The van der Waals surface area contributed by atoms with Gasteiger partial charge in [-0.1, -0.05) is 13.2 Å². The van der Waals surface area contributed by atoms with Crippen LogP contribution < -0.4 is 11.5 Å². The predicted molar refractivity (Wildman–Crippen MR) is 187 cm³/mol. The molecule has 16 nitrogen and oxygen atoms in total. The smallest absolute Gasteiger partial charge is 0.356 e. The van der Waals surface area contributed by atoms with Crippen molar-refractivity contribution >= 4 is 49.2 Å². The molecule has 4 rings (SSSR count). The van der Waals surface area contributed by atoms with Crippen LogP contribution in [0.1, 0.15) is 66.2 Å². The van der Waals surface area contributed by atoms with Gasteiger partial charge in [0.1, 0.15) is 23.7 Å². The molecule has 0 bridgehead atoms. The minimum atomic E-state index is -3.21. The molecule has 0 aliphatic heterocycles. The van der Waals surface area contributed by atoms with E-state index in [1.807, 2.05) is 9.13 Å². The minimum absolute atomic E-state index is 0.332. The molecule has 0 amide bonds. The highest BCUT2D eigenvalue weighted by atomic mass is 31.2. The van der Waals surface area contributed by atoms with Crippen LogP contribution in [0, 0.1) is 0 Å². The lowest BCUT2D eigenvalue weighted by Crippen LogP contribution is -2.01. The number of unbranched alkanes of at least 4 members (excludes halogenated alkanes) is 2. The standard InChI is InChI=1S/2C15H24N5O3P/c2*1-4-22-24(21,23-5-2)12(3)8-6-7-9-20-11-19-13-14(16)17-10-18-15(13)20/h2*10-11H,3-9H2,1-2H3,(H2,16,17,18). The highest BCUT2D eigenvalue weighted by Gasteiger charge is 2.28. The molecule has 4 N–H and O–H groups in total. The topological polar surface area (TPSA) is 210 Å². The Morgan fingerprint density at radius 3 is 1.31 bits per heavy atom. The molecular formula is C30H48N10O6P2. The minimum Gasteiger partial charge on any atom is -0.382 e. The summed E-state index contributed by atoms with van der Waals surface area (Å²) < 4.78 is 50.2. The highest BCUT2D eigenvalue weighted by molar-refractivity contribution is 7.58. The van der Waals surface area contributed by atoms with Crippen LogP contribution in [0.4, 0.5) is 11.6 Å². The van der Waals surface area contributed by atoms with Crippen molar-refractivity contribution in [1.29, 1.82) is 0 Å². The number of anilines is 2. The van der Waals surface area contributed by atoms with Gasteiger partial charge in [-0.05, 0) is 66.2 Å². The summed E-state index contributed by atoms with van der Waals surface area (Å²) in [6.07, 6.45) is 10.8. The number of aryl methyl sites for hydroxylation is 2. The molecule has 4 aromatic heterocycles. The number of allylic oxidation sites excluding steroid dienone is 2. The number of nitrogens with zero attached hydrogens (tertiary/aromatic N) is 8. The van der Waals surface area contributed by atoms with E-state index >= 15 is 0 Å². The highest BCUT2D eigenvalue weighted by Crippen LogP contribution is 2.57. The van der Waals surface area contributed by atoms with E-state index in [1.54, 1.807) is 40.3 Å². The molecular weight excluding hydrogens is 658 g/mol. The Morgan fingerprint density at radius 2 is 0.979 bits per heavy atom. The van der Waals surface area contributed by atoms with Crippen molar-refractivity contribution < 1.29 is 27.2 Å². The van der Waals surface area contributed by atoms with Gasteiger partial charge in [0.05, 0.1) is 39.1 Å². The van der Waals surface area contributed by atoms with Gasteiger partial charge in [-0.15, -0.1) is 0 Å². The molecule has 4 heterocycles. The molecule has 0 aliphatic rings. The third-order valence-corrected chi connectivity index (χ3v) is 11.4. The second-order valence-corrected chi connectivity index (χ2v) is 14.7. The molecule has 0 aliphatic carbocycles. The summed E-state index contributed by atoms with van der Waals surface area (Å²) in [6, 6.07) is 0. The molecule has 48 heavy (non-hydrogen) atoms. The lowest BCUT2D eigenvalue weighted by atomic mass is 10.2. The van der Waals surface area contributed by atoms with Crippen molar-refractivity contribution in [3.8, 4) is 0 Å². The number of imidazole rings is 2. The maximum Gasteiger partial charge on any atom is 0.356 e. The van der Waals surface area contributed by atoms with Gasteiger partial charge in [0.2, 0.25) is 0 Å². The van der Waals surface area contributed by atoms with Gasteiger partial charge in [-0.25, -0.2) is 29.9 Å². The zero-order valence-corrected chi connectivity index (χ0v) is 30.1. The van der Waals surface area contributed by atoms with E-state index in [-0.39, 0.29) is 0 Å². The molecule has 0 unspecified atom stereocenters. The fraction of sp³-hybridized carbons (Fsp3) is 0.533. The third kappa shape index (κ3) is 10.2. The Balaban J connectivity index is 0.000000260. The summed E-state index contributed by atoms with van der Waals surface area (Å²) in [5.41, 5.74) is 14.2. The van der Waals surface area contributed by atoms with E-state index in [9.17, 15) is 9.13 Å². The summed E-state index contributed by atoms with van der Waals surface area (Å²) >= 11 is 0. The van der Waals surface area contributed by atoms with Crippen LogP contribution in [0.25, 0.3) is 22.3 Å². The predicted octanol–water partition coefficient (Wildman–Crippen LogP) is 6.72. The van der Waals surface area contributed by atoms with Crippen molar-refractivity contribution in [3.05, 3.63) is 49.1 Å². The number of aromatic nitrogens is 8. The summed E-state index contributed by atoms with van der Waals surface area (Å²) in [4.78, 5) is 24.7. The fourth-order valence-corrected chi connectivity index (χ4v) is 7.84. The number of nitrogen functional groups attached to an aromatic ring is 2. The van der Waals surface area contributed by atoms with E-state index in [4.69, 9.17) is 29.6 Å². The van der Waals surface area contributed by atoms with Crippen molar-refractivity contribution in [2.75, 3.05) is 37.9 Å². The van der Waals surface area contributed by atoms with E-state index in [2.05, 4.69) is 43.1 Å². The van der Waals surface area contributed by atoms with Crippen molar-refractivity contribution in [3.63, 3.8) is 0 Å². The SMILES string of the molecule is C=C(CCCCn1cnc2c(N)ncnc21)P(=O)(OCC)OCC.C=C(CCCCn1cnc2c(N)ncnc21)P(=O)(OCC)OCC. The maximum atomic E-state index is 12.6. The van der Waals surface area contributed by atoms with Crippen LogP contribution in [0.3, 0.4) is 0 Å². The van der Waals surface area contributed by atoms with Crippen LogP contribution in [0.5, 0.6) is 0 Å². The van der Waals surface area contributed by atoms with Crippen molar-refractivity contribution in [2.24, 2.45) is 0 Å². The molecule has 0 spiro atoms. The first-order valence-electron chi connectivity index (χ1n) is 16.0. The maximum absolute atomic E-state index is 12.6. The van der Waals surface area contributed by atoms with Crippen LogP contribution in [0.2, 0.25) is 0 Å². The Hall–Kier alpha value is -3.52. The molecule has 4 aromatic rings.